The molecule has 5 nitrogen and oxygen atoms in total. The van der Waals surface area contributed by atoms with Crippen molar-refractivity contribution in [2.75, 3.05) is 20.3 Å². The molecule has 28 heavy (non-hydrogen) atoms. The van der Waals surface area contributed by atoms with Gasteiger partial charge in [-0.15, -0.1) is 0 Å². The fourth-order valence-electron chi connectivity index (χ4n) is 3.31. The molecule has 0 bridgehead atoms. The SMILES string of the molecule is COCCN(Cc1cc2cc(C)cc(C)c2[nH]c1=O)C(=O)c1cccc(F)c1. The third kappa shape index (κ3) is 4.28. The number of ether oxygens (including phenoxy) is 1. The van der Waals surface area contributed by atoms with Crippen LogP contribution in [0.15, 0.2) is 47.3 Å². The quantitative estimate of drug-likeness (QED) is 0.709. The number of hydrogen-bond acceptors (Lipinski definition) is 3. The number of aromatic nitrogens is 1. The van der Waals surface area contributed by atoms with Crippen LogP contribution < -0.4 is 5.56 Å². The van der Waals surface area contributed by atoms with Crippen LogP contribution in [0.3, 0.4) is 0 Å². The molecule has 3 aromatic rings. The number of carbonyl (C=O) groups excluding carboxylic acids is 1. The first kappa shape index (κ1) is 19.8. The number of fused-ring (bicyclic) bond motifs is 1. The van der Waals surface area contributed by atoms with Crippen LogP contribution in [0.5, 0.6) is 0 Å². The van der Waals surface area contributed by atoms with E-state index in [-0.39, 0.29) is 30.1 Å². The van der Waals surface area contributed by atoms with Crippen molar-refractivity contribution in [3.05, 3.63) is 80.9 Å². The maximum absolute atomic E-state index is 13.5. The van der Waals surface area contributed by atoms with Gasteiger partial charge in [-0.25, -0.2) is 4.39 Å². The standard InChI is InChI=1S/C22H23FN2O3/c1-14-9-15(2)20-17(10-14)11-18(21(26)24-20)13-25(7-8-28-3)22(27)16-5-4-6-19(23)12-16/h4-6,9-12H,7-8,13H2,1-3H3,(H,24,26). The van der Waals surface area contributed by atoms with Gasteiger partial charge in [0.2, 0.25) is 0 Å². The highest BCUT2D eigenvalue weighted by molar-refractivity contribution is 5.94. The van der Waals surface area contributed by atoms with E-state index in [4.69, 9.17) is 4.74 Å². The minimum absolute atomic E-state index is 0.108. The Balaban J connectivity index is 1.97. The van der Waals surface area contributed by atoms with E-state index >= 15 is 0 Å². The smallest absolute Gasteiger partial charge is 0.254 e. The van der Waals surface area contributed by atoms with E-state index in [1.54, 1.807) is 13.2 Å². The molecule has 0 radical (unpaired) electrons. The lowest BCUT2D eigenvalue weighted by Crippen LogP contribution is -2.35. The number of aryl methyl sites for hydroxylation is 2. The number of aromatic amines is 1. The Morgan fingerprint density at radius 2 is 1.96 bits per heavy atom. The summed E-state index contributed by atoms with van der Waals surface area (Å²) in [6.07, 6.45) is 0. The highest BCUT2D eigenvalue weighted by atomic mass is 19.1. The normalized spacial score (nSPS) is 11.0. The Labute approximate surface area is 162 Å². The third-order valence-corrected chi connectivity index (χ3v) is 4.66. The van der Waals surface area contributed by atoms with E-state index in [1.807, 2.05) is 32.0 Å². The van der Waals surface area contributed by atoms with Crippen molar-refractivity contribution in [2.24, 2.45) is 0 Å². The van der Waals surface area contributed by atoms with E-state index in [1.165, 1.54) is 23.1 Å². The predicted octanol–water partition coefficient (Wildman–Crippen LogP) is 3.57. The molecule has 0 aliphatic heterocycles. The summed E-state index contributed by atoms with van der Waals surface area (Å²) in [5.41, 5.74) is 3.34. The molecule has 1 heterocycles. The van der Waals surface area contributed by atoms with Crippen LogP contribution in [0, 0.1) is 19.7 Å². The summed E-state index contributed by atoms with van der Waals surface area (Å²) in [6.45, 7) is 4.65. The van der Waals surface area contributed by atoms with Crippen LogP contribution in [0.2, 0.25) is 0 Å². The zero-order valence-electron chi connectivity index (χ0n) is 16.2. The Morgan fingerprint density at radius 1 is 1.18 bits per heavy atom. The molecular weight excluding hydrogens is 359 g/mol. The average Bonchev–Trinajstić information content (AvgIpc) is 2.65. The van der Waals surface area contributed by atoms with Crippen LogP contribution >= 0.6 is 0 Å². The molecule has 2 aromatic carbocycles. The Hall–Kier alpha value is -2.99. The van der Waals surface area contributed by atoms with Crippen molar-refractivity contribution >= 4 is 16.8 Å². The number of benzene rings is 2. The number of nitrogens with zero attached hydrogens (tertiary/aromatic N) is 1. The lowest BCUT2D eigenvalue weighted by molar-refractivity contribution is 0.0679. The fourth-order valence-corrected chi connectivity index (χ4v) is 3.31. The van der Waals surface area contributed by atoms with Gasteiger partial charge in [-0.3, -0.25) is 9.59 Å². The van der Waals surface area contributed by atoms with Gasteiger partial charge in [-0.1, -0.05) is 17.7 Å². The van der Waals surface area contributed by atoms with Crippen molar-refractivity contribution in [3.8, 4) is 0 Å². The molecular formula is C22H23FN2O3. The lowest BCUT2D eigenvalue weighted by Gasteiger charge is -2.22. The molecule has 0 saturated heterocycles. The van der Waals surface area contributed by atoms with Crippen LogP contribution in [0.4, 0.5) is 4.39 Å². The molecule has 0 atom stereocenters. The molecule has 1 N–H and O–H groups in total. The summed E-state index contributed by atoms with van der Waals surface area (Å²) in [5, 5.41) is 0.914. The second-order valence-electron chi connectivity index (χ2n) is 6.90. The van der Waals surface area contributed by atoms with Gasteiger partial charge < -0.3 is 14.6 Å². The van der Waals surface area contributed by atoms with Crippen LogP contribution in [0.1, 0.15) is 27.0 Å². The Morgan fingerprint density at radius 3 is 2.68 bits per heavy atom. The summed E-state index contributed by atoms with van der Waals surface area (Å²) >= 11 is 0. The van der Waals surface area contributed by atoms with Gasteiger partial charge in [-0.05, 0) is 55.1 Å². The predicted molar refractivity (Wildman–Crippen MR) is 107 cm³/mol. The van der Waals surface area contributed by atoms with Gasteiger partial charge in [0.25, 0.3) is 11.5 Å². The van der Waals surface area contributed by atoms with Crippen LogP contribution in [0.25, 0.3) is 10.9 Å². The minimum atomic E-state index is -0.480. The zero-order chi connectivity index (χ0) is 20.3. The van der Waals surface area contributed by atoms with E-state index in [0.717, 1.165) is 22.0 Å². The molecule has 146 valence electrons. The number of pyridine rings is 1. The van der Waals surface area contributed by atoms with Crippen molar-refractivity contribution in [3.63, 3.8) is 0 Å². The lowest BCUT2D eigenvalue weighted by atomic mass is 10.0. The van der Waals surface area contributed by atoms with Gasteiger partial charge in [0.1, 0.15) is 5.82 Å². The maximum Gasteiger partial charge on any atom is 0.254 e. The van der Waals surface area contributed by atoms with Gasteiger partial charge in [0.05, 0.1) is 18.7 Å². The van der Waals surface area contributed by atoms with E-state index in [2.05, 4.69) is 4.98 Å². The summed E-state index contributed by atoms with van der Waals surface area (Å²) in [5.74, 6) is -0.830. The van der Waals surface area contributed by atoms with Crippen molar-refractivity contribution in [1.29, 1.82) is 0 Å². The molecule has 1 amide bonds. The number of hydrogen-bond donors (Lipinski definition) is 1. The maximum atomic E-state index is 13.5. The van der Waals surface area contributed by atoms with E-state index in [9.17, 15) is 14.0 Å². The number of H-pyrrole nitrogens is 1. The number of nitrogens with one attached hydrogen (secondary N) is 1. The monoisotopic (exact) mass is 382 g/mol. The third-order valence-electron chi connectivity index (χ3n) is 4.66. The molecule has 0 spiro atoms. The average molecular weight is 382 g/mol. The first-order valence-electron chi connectivity index (χ1n) is 9.06. The number of methoxy groups -OCH3 is 1. The van der Waals surface area contributed by atoms with Gasteiger partial charge >= 0.3 is 0 Å². The zero-order valence-corrected chi connectivity index (χ0v) is 16.2. The first-order chi connectivity index (χ1) is 13.4. The Kier molecular flexibility index (Phi) is 5.90. The highest BCUT2D eigenvalue weighted by Gasteiger charge is 2.18. The molecule has 0 aliphatic rings. The van der Waals surface area contributed by atoms with Gasteiger partial charge in [0.15, 0.2) is 0 Å². The second-order valence-corrected chi connectivity index (χ2v) is 6.90. The van der Waals surface area contributed by atoms with Crippen LogP contribution in [-0.4, -0.2) is 36.1 Å². The fraction of sp³-hybridized carbons (Fsp3) is 0.273. The summed E-state index contributed by atoms with van der Waals surface area (Å²) in [6, 6.07) is 11.3. The number of carbonyl (C=O) groups is 1. The number of amides is 1. The molecule has 1 aromatic heterocycles. The molecule has 0 fully saturated rings. The Bertz CT molecular complexity index is 1080. The molecule has 6 heteroatoms. The topological polar surface area (TPSA) is 62.4 Å². The largest absolute Gasteiger partial charge is 0.383 e. The van der Waals surface area contributed by atoms with Gasteiger partial charge in [-0.2, -0.15) is 0 Å². The summed E-state index contributed by atoms with van der Waals surface area (Å²) < 4.78 is 18.6. The van der Waals surface area contributed by atoms with Crippen molar-refractivity contribution in [2.45, 2.75) is 20.4 Å². The summed E-state index contributed by atoms with van der Waals surface area (Å²) in [7, 11) is 1.54. The first-order valence-corrected chi connectivity index (χ1v) is 9.06. The minimum Gasteiger partial charge on any atom is -0.383 e. The van der Waals surface area contributed by atoms with Gasteiger partial charge in [0, 0.05) is 24.8 Å². The number of rotatable bonds is 6. The molecule has 0 saturated carbocycles. The van der Waals surface area contributed by atoms with Crippen molar-refractivity contribution in [1.82, 2.24) is 9.88 Å². The molecule has 3 rings (SSSR count). The molecule has 0 aliphatic carbocycles. The van der Waals surface area contributed by atoms with Crippen molar-refractivity contribution < 1.29 is 13.9 Å². The molecule has 0 unspecified atom stereocenters. The second kappa shape index (κ2) is 8.35. The highest BCUT2D eigenvalue weighted by Crippen LogP contribution is 2.19. The summed E-state index contributed by atoms with van der Waals surface area (Å²) in [4.78, 5) is 29.9. The van der Waals surface area contributed by atoms with Crippen LogP contribution in [-0.2, 0) is 11.3 Å². The van der Waals surface area contributed by atoms with E-state index < -0.39 is 5.82 Å². The number of halogens is 1. The van der Waals surface area contributed by atoms with E-state index in [0.29, 0.717) is 12.2 Å².